The van der Waals surface area contributed by atoms with Gasteiger partial charge in [-0.2, -0.15) is 0 Å². The van der Waals surface area contributed by atoms with Crippen LogP contribution in [0.5, 0.6) is 0 Å². The number of amides is 2. The molecule has 7 nitrogen and oxygen atoms in total. The van der Waals surface area contributed by atoms with E-state index >= 15 is 0 Å². The fourth-order valence-corrected chi connectivity index (χ4v) is 2.73. The van der Waals surface area contributed by atoms with Gasteiger partial charge in [-0.15, -0.1) is 10.2 Å². The molecule has 1 saturated heterocycles. The number of hydrogen-bond acceptors (Lipinski definition) is 5. The zero-order valence-electron chi connectivity index (χ0n) is 13.2. The number of carbonyl (C=O) groups excluding carboxylic acids is 2. The Bertz CT molecular complexity index is 777. The van der Waals surface area contributed by atoms with E-state index in [0.717, 1.165) is 6.41 Å². The SMILES string of the molecule is O=CN1CCN(C(=O)c2ccc(Nc3ccc(Cl)c(Cl)c3)nn2)CC1. The zero-order chi connectivity index (χ0) is 17.8. The molecule has 1 aromatic heterocycles. The molecule has 2 amide bonds. The van der Waals surface area contributed by atoms with Crippen LogP contribution in [0.3, 0.4) is 0 Å². The normalized spacial score (nSPS) is 14.3. The van der Waals surface area contributed by atoms with Gasteiger partial charge in [-0.05, 0) is 30.3 Å². The first kappa shape index (κ1) is 17.4. The molecule has 25 heavy (non-hydrogen) atoms. The lowest BCUT2D eigenvalue weighted by Crippen LogP contribution is -2.48. The monoisotopic (exact) mass is 379 g/mol. The molecule has 0 atom stereocenters. The molecule has 0 saturated carbocycles. The van der Waals surface area contributed by atoms with Gasteiger partial charge in [0.25, 0.3) is 5.91 Å². The number of nitrogens with zero attached hydrogens (tertiary/aromatic N) is 4. The Morgan fingerprint density at radius 1 is 1.04 bits per heavy atom. The van der Waals surface area contributed by atoms with Crippen LogP contribution < -0.4 is 5.32 Å². The summed E-state index contributed by atoms with van der Waals surface area (Å²) >= 11 is 11.8. The zero-order valence-corrected chi connectivity index (χ0v) is 14.7. The molecule has 1 N–H and O–H groups in total. The maximum atomic E-state index is 12.4. The van der Waals surface area contributed by atoms with Crippen LogP contribution >= 0.6 is 23.2 Å². The fourth-order valence-electron chi connectivity index (χ4n) is 2.43. The van der Waals surface area contributed by atoms with Gasteiger partial charge < -0.3 is 15.1 Å². The molecule has 130 valence electrons. The van der Waals surface area contributed by atoms with Crippen molar-refractivity contribution in [3.8, 4) is 0 Å². The molecule has 1 aromatic carbocycles. The van der Waals surface area contributed by atoms with E-state index in [-0.39, 0.29) is 11.6 Å². The summed E-state index contributed by atoms with van der Waals surface area (Å²) in [4.78, 5) is 26.4. The highest BCUT2D eigenvalue weighted by Gasteiger charge is 2.22. The van der Waals surface area contributed by atoms with E-state index in [9.17, 15) is 9.59 Å². The van der Waals surface area contributed by atoms with E-state index in [2.05, 4.69) is 15.5 Å². The van der Waals surface area contributed by atoms with Crippen LogP contribution in [-0.4, -0.2) is 58.5 Å². The van der Waals surface area contributed by atoms with Crippen molar-refractivity contribution in [3.05, 3.63) is 46.1 Å². The first-order chi connectivity index (χ1) is 12.1. The van der Waals surface area contributed by atoms with Gasteiger partial charge in [-0.3, -0.25) is 9.59 Å². The first-order valence-electron chi connectivity index (χ1n) is 7.61. The summed E-state index contributed by atoms with van der Waals surface area (Å²) in [5.74, 6) is 0.292. The molecular weight excluding hydrogens is 365 g/mol. The summed E-state index contributed by atoms with van der Waals surface area (Å²) < 4.78 is 0. The summed E-state index contributed by atoms with van der Waals surface area (Å²) in [6, 6.07) is 8.40. The minimum Gasteiger partial charge on any atom is -0.342 e. The largest absolute Gasteiger partial charge is 0.342 e. The second-order valence-electron chi connectivity index (χ2n) is 5.49. The van der Waals surface area contributed by atoms with Gasteiger partial charge >= 0.3 is 0 Å². The second-order valence-corrected chi connectivity index (χ2v) is 6.31. The number of aromatic nitrogens is 2. The lowest BCUT2D eigenvalue weighted by Gasteiger charge is -2.32. The third-order valence-corrected chi connectivity index (χ3v) is 4.57. The smallest absolute Gasteiger partial charge is 0.274 e. The minimum atomic E-state index is -0.195. The summed E-state index contributed by atoms with van der Waals surface area (Å²) in [5.41, 5.74) is 0.979. The van der Waals surface area contributed by atoms with E-state index in [0.29, 0.717) is 47.7 Å². The Balaban J connectivity index is 1.64. The Morgan fingerprint density at radius 2 is 1.80 bits per heavy atom. The van der Waals surface area contributed by atoms with Gasteiger partial charge in [0.2, 0.25) is 6.41 Å². The Morgan fingerprint density at radius 3 is 2.40 bits per heavy atom. The van der Waals surface area contributed by atoms with Crippen molar-refractivity contribution in [2.45, 2.75) is 0 Å². The topological polar surface area (TPSA) is 78.4 Å². The number of piperazine rings is 1. The van der Waals surface area contributed by atoms with Crippen LogP contribution in [-0.2, 0) is 4.79 Å². The Kier molecular flexibility index (Phi) is 5.35. The van der Waals surface area contributed by atoms with Crippen LogP contribution in [0.4, 0.5) is 11.5 Å². The third-order valence-electron chi connectivity index (χ3n) is 3.83. The molecule has 2 aromatic rings. The van der Waals surface area contributed by atoms with Crippen molar-refractivity contribution in [1.29, 1.82) is 0 Å². The number of halogens is 2. The van der Waals surface area contributed by atoms with Crippen LogP contribution in [0.2, 0.25) is 10.0 Å². The van der Waals surface area contributed by atoms with E-state index in [4.69, 9.17) is 23.2 Å². The number of benzene rings is 1. The highest BCUT2D eigenvalue weighted by molar-refractivity contribution is 6.42. The summed E-state index contributed by atoms with van der Waals surface area (Å²) in [7, 11) is 0. The van der Waals surface area contributed by atoms with E-state index in [1.54, 1.807) is 40.1 Å². The number of anilines is 2. The van der Waals surface area contributed by atoms with Gasteiger partial charge in [-0.25, -0.2) is 0 Å². The van der Waals surface area contributed by atoms with Gasteiger partial charge in [0.15, 0.2) is 11.5 Å². The maximum Gasteiger partial charge on any atom is 0.274 e. The molecule has 9 heteroatoms. The van der Waals surface area contributed by atoms with Crippen molar-refractivity contribution in [3.63, 3.8) is 0 Å². The molecule has 1 aliphatic rings. The molecule has 1 aliphatic heterocycles. The number of nitrogens with one attached hydrogen (secondary N) is 1. The number of carbonyl (C=O) groups is 2. The third kappa shape index (κ3) is 4.18. The molecular formula is C16H15Cl2N5O2. The average molecular weight is 380 g/mol. The summed E-state index contributed by atoms with van der Waals surface area (Å²) in [6.07, 6.45) is 0.797. The molecule has 3 rings (SSSR count). The lowest BCUT2D eigenvalue weighted by molar-refractivity contribution is -0.119. The van der Waals surface area contributed by atoms with Gasteiger partial charge in [0.1, 0.15) is 0 Å². The van der Waals surface area contributed by atoms with Crippen molar-refractivity contribution in [2.75, 3.05) is 31.5 Å². The standard InChI is InChI=1S/C16H15Cl2N5O2/c17-12-2-1-11(9-13(12)18)19-15-4-3-14(20-21-15)16(25)23-7-5-22(10-24)6-8-23/h1-4,9-10H,5-8H2,(H,19,21). The summed E-state index contributed by atoms with van der Waals surface area (Å²) in [6.45, 7) is 2.03. The minimum absolute atomic E-state index is 0.195. The highest BCUT2D eigenvalue weighted by atomic mass is 35.5. The predicted octanol–water partition coefficient (Wildman–Crippen LogP) is 2.44. The fraction of sp³-hybridized carbons (Fsp3) is 0.250. The number of hydrogen-bond donors (Lipinski definition) is 1. The molecule has 0 unspecified atom stereocenters. The van der Waals surface area contributed by atoms with Gasteiger partial charge in [0.05, 0.1) is 10.0 Å². The second kappa shape index (κ2) is 7.67. The molecule has 0 aliphatic carbocycles. The predicted molar refractivity (Wildman–Crippen MR) is 95.3 cm³/mol. The first-order valence-corrected chi connectivity index (χ1v) is 8.37. The van der Waals surface area contributed by atoms with Gasteiger partial charge in [-0.1, -0.05) is 23.2 Å². The average Bonchev–Trinajstić information content (AvgIpc) is 2.65. The highest BCUT2D eigenvalue weighted by Crippen LogP contribution is 2.26. The van der Waals surface area contributed by atoms with Crippen molar-refractivity contribution in [1.82, 2.24) is 20.0 Å². The Labute approximate surface area is 154 Å². The van der Waals surface area contributed by atoms with Crippen LogP contribution in [0.1, 0.15) is 10.5 Å². The van der Waals surface area contributed by atoms with Crippen LogP contribution in [0.25, 0.3) is 0 Å². The lowest BCUT2D eigenvalue weighted by atomic mass is 10.2. The van der Waals surface area contributed by atoms with Crippen LogP contribution in [0.15, 0.2) is 30.3 Å². The Hall–Kier alpha value is -2.38. The molecule has 0 spiro atoms. The van der Waals surface area contributed by atoms with E-state index in [1.807, 2.05) is 0 Å². The van der Waals surface area contributed by atoms with Crippen molar-refractivity contribution in [2.24, 2.45) is 0 Å². The molecule has 2 heterocycles. The number of rotatable bonds is 4. The molecule has 1 fully saturated rings. The van der Waals surface area contributed by atoms with Crippen molar-refractivity contribution >= 4 is 47.0 Å². The van der Waals surface area contributed by atoms with E-state index in [1.165, 1.54) is 0 Å². The maximum absolute atomic E-state index is 12.4. The van der Waals surface area contributed by atoms with Crippen molar-refractivity contribution < 1.29 is 9.59 Å². The van der Waals surface area contributed by atoms with Crippen LogP contribution in [0, 0.1) is 0 Å². The summed E-state index contributed by atoms with van der Waals surface area (Å²) in [5, 5.41) is 11.9. The molecule has 0 radical (unpaired) electrons. The quantitative estimate of drug-likeness (QED) is 0.825. The molecule has 0 bridgehead atoms. The van der Waals surface area contributed by atoms with Gasteiger partial charge in [0, 0.05) is 31.9 Å². The van der Waals surface area contributed by atoms with E-state index < -0.39 is 0 Å².